The Hall–Kier alpha value is -1.58. The number of hydrogen-bond donors (Lipinski definition) is 1. The van der Waals surface area contributed by atoms with Crippen LogP contribution < -0.4 is 5.32 Å². The Morgan fingerprint density at radius 2 is 1.81 bits per heavy atom. The van der Waals surface area contributed by atoms with Crippen LogP contribution in [0.25, 0.3) is 0 Å². The predicted molar refractivity (Wildman–Crippen MR) is 87.1 cm³/mol. The molecule has 1 unspecified atom stereocenters. The zero-order chi connectivity index (χ0) is 14.5. The van der Waals surface area contributed by atoms with Crippen molar-refractivity contribution in [3.63, 3.8) is 0 Å². The summed E-state index contributed by atoms with van der Waals surface area (Å²) in [6.45, 7) is 4.40. The third kappa shape index (κ3) is 3.55. The van der Waals surface area contributed by atoms with Gasteiger partial charge in [0, 0.05) is 38.1 Å². The third-order valence-corrected chi connectivity index (χ3v) is 4.46. The third-order valence-electron chi connectivity index (χ3n) is 4.46. The molecule has 0 aliphatic carbocycles. The van der Waals surface area contributed by atoms with Gasteiger partial charge in [0.2, 0.25) is 0 Å². The molecule has 1 fully saturated rings. The van der Waals surface area contributed by atoms with Crippen LogP contribution in [0.5, 0.6) is 0 Å². The van der Waals surface area contributed by atoms with Gasteiger partial charge >= 0.3 is 0 Å². The van der Waals surface area contributed by atoms with E-state index in [4.69, 9.17) is 0 Å². The van der Waals surface area contributed by atoms with Gasteiger partial charge in [0.05, 0.1) is 0 Å². The zero-order valence-electron chi connectivity index (χ0n) is 12.8. The molecule has 2 heterocycles. The summed E-state index contributed by atoms with van der Waals surface area (Å²) in [5.41, 5.74) is 2.77. The highest BCUT2D eigenvalue weighted by molar-refractivity contribution is 5.20. The van der Waals surface area contributed by atoms with Crippen molar-refractivity contribution in [1.82, 2.24) is 14.8 Å². The quantitative estimate of drug-likeness (QED) is 0.879. The lowest BCUT2D eigenvalue weighted by atomic mass is 10.1. The number of likely N-dealkylation sites (tertiary alicyclic amines) is 1. The van der Waals surface area contributed by atoms with Crippen LogP contribution >= 0.6 is 0 Å². The second-order valence-corrected chi connectivity index (χ2v) is 5.91. The molecule has 0 bridgehead atoms. The fourth-order valence-corrected chi connectivity index (χ4v) is 3.20. The average Bonchev–Trinajstić information content (AvgIpc) is 3.17. The maximum absolute atomic E-state index is 3.64. The molecule has 21 heavy (non-hydrogen) atoms. The second kappa shape index (κ2) is 6.92. The van der Waals surface area contributed by atoms with Gasteiger partial charge in [-0.1, -0.05) is 30.3 Å². The van der Waals surface area contributed by atoms with Gasteiger partial charge in [-0.2, -0.15) is 0 Å². The van der Waals surface area contributed by atoms with Crippen molar-refractivity contribution in [3.05, 3.63) is 59.9 Å². The number of hydrogen-bond acceptors (Lipinski definition) is 2. The van der Waals surface area contributed by atoms with Crippen LogP contribution in [0.2, 0.25) is 0 Å². The van der Waals surface area contributed by atoms with Crippen molar-refractivity contribution in [3.8, 4) is 0 Å². The lowest BCUT2D eigenvalue weighted by Crippen LogP contribution is -2.34. The minimum absolute atomic E-state index is 0.494. The summed E-state index contributed by atoms with van der Waals surface area (Å²) in [6, 6.07) is 15.7. The van der Waals surface area contributed by atoms with Gasteiger partial charge in [-0.3, -0.25) is 4.90 Å². The van der Waals surface area contributed by atoms with Gasteiger partial charge in [0.1, 0.15) is 0 Å². The van der Waals surface area contributed by atoms with Crippen LogP contribution in [0.3, 0.4) is 0 Å². The molecular weight excluding hydrogens is 258 g/mol. The molecule has 0 radical (unpaired) electrons. The van der Waals surface area contributed by atoms with E-state index in [1.54, 1.807) is 0 Å². The molecule has 3 nitrogen and oxygen atoms in total. The Morgan fingerprint density at radius 1 is 1.05 bits per heavy atom. The highest BCUT2D eigenvalue weighted by Crippen LogP contribution is 2.24. The van der Waals surface area contributed by atoms with Crippen molar-refractivity contribution >= 4 is 0 Å². The van der Waals surface area contributed by atoms with E-state index in [0.29, 0.717) is 6.04 Å². The molecule has 2 aromatic rings. The molecule has 1 aromatic heterocycles. The van der Waals surface area contributed by atoms with Gasteiger partial charge < -0.3 is 9.88 Å². The van der Waals surface area contributed by atoms with Crippen LogP contribution in [-0.2, 0) is 13.6 Å². The second-order valence-electron chi connectivity index (χ2n) is 5.91. The van der Waals surface area contributed by atoms with E-state index in [9.17, 15) is 0 Å². The Labute approximate surface area is 127 Å². The Kier molecular flexibility index (Phi) is 4.73. The fraction of sp³-hybridized carbons (Fsp3) is 0.444. The highest BCUT2D eigenvalue weighted by Gasteiger charge is 2.22. The van der Waals surface area contributed by atoms with E-state index in [1.807, 2.05) is 0 Å². The lowest BCUT2D eigenvalue weighted by Gasteiger charge is -2.28. The standard InChI is InChI=1S/C18H25N3/c1-20-11-7-10-17(20)14-19-15-18(21-12-5-6-13-21)16-8-3-2-4-9-16/h2-4,7-11,18-19H,5-6,12-15H2,1H3. The topological polar surface area (TPSA) is 20.2 Å². The summed E-state index contributed by atoms with van der Waals surface area (Å²) in [5.74, 6) is 0. The van der Waals surface area contributed by atoms with Crippen LogP contribution in [0.15, 0.2) is 48.7 Å². The first-order valence-corrected chi connectivity index (χ1v) is 7.94. The van der Waals surface area contributed by atoms with Crippen LogP contribution in [-0.4, -0.2) is 29.1 Å². The van der Waals surface area contributed by atoms with E-state index in [0.717, 1.165) is 13.1 Å². The lowest BCUT2D eigenvalue weighted by molar-refractivity contribution is 0.238. The van der Waals surface area contributed by atoms with Crippen LogP contribution in [0.4, 0.5) is 0 Å². The molecule has 3 heteroatoms. The molecule has 112 valence electrons. The van der Waals surface area contributed by atoms with Gasteiger partial charge in [-0.15, -0.1) is 0 Å². The maximum atomic E-state index is 3.64. The minimum Gasteiger partial charge on any atom is -0.353 e. The molecule has 3 rings (SSSR count). The van der Waals surface area contributed by atoms with Crippen LogP contribution in [0.1, 0.15) is 30.1 Å². The first-order valence-electron chi connectivity index (χ1n) is 7.94. The molecule has 0 amide bonds. The van der Waals surface area contributed by atoms with Gasteiger partial charge in [-0.05, 0) is 43.6 Å². The number of nitrogens with zero attached hydrogens (tertiary/aromatic N) is 2. The van der Waals surface area contributed by atoms with Crippen molar-refractivity contribution in [2.24, 2.45) is 7.05 Å². The Balaban J connectivity index is 1.63. The summed E-state index contributed by atoms with van der Waals surface area (Å²) in [6.07, 6.45) is 4.77. The Bertz CT molecular complexity index is 541. The molecule has 1 atom stereocenters. The van der Waals surface area contributed by atoms with Crippen molar-refractivity contribution in [1.29, 1.82) is 0 Å². The summed E-state index contributed by atoms with van der Waals surface area (Å²) in [4.78, 5) is 2.62. The van der Waals surface area contributed by atoms with E-state index in [-0.39, 0.29) is 0 Å². The molecule has 0 spiro atoms. The van der Waals surface area contributed by atoms with Gasteiger partial charge in [0.15, 0.2) is 0 Å². The SMILES string of the molecule is Cn1cccc1CNCC(c1ccccc1)N1CCCC1. The van der Waals surface area contributed by atoms with Gasteiger partial charge in [-0.25, -0.2) is 0 Å². The van der Waals surface area contributed by atoms with Crippen molar-refractivity contribution < 1.29 is 0 Å². The number of benzene rings is 1. The zero-order valence-corrected chi connectivity index (χ0v) is 12.8. The smallest absolute Gasteiger partial charge is 0.0472 e. The number of rotatable bonds is 6. The van der Waals surface area contributed by atoms with Crippen molar-refractivity contribution in [2.75, 3.05) is 19.6 Å². The van der Waals surface area contributed by atoms with Gasteiger partial charge in [0.25, 0.3) is 0 Å². The van der Waals surface area contributed by atoms with E-state index < -0.39 is 0 Å². The monoisotopic (exact) mass is 283 g/mol. The summed E-state index contributed by atoms with van der Waals surface area (Å²) in [7, 11) is 2.10. The summed E-state index contributed by atoms with van der Waals surface area (Å²) in [5, 5.41) is 3.64. The maximum Gasteiger partial charge on any atom is 0.0472 e. The Morgan fingerprint density at radius 3 is 2.48 bits per heavy atom. The predicted octanol–water partition coefficient (Wildman–Crippen LogP) is 2.95. The number of nitrogens with one attached hydrogen (secondary N) is 1. The van der Waals surface area contributed by atoms with Crippen molar-refractivity contribution in [2.45, 2.75) is 25.4 Å². The van der Waals surface area contributed by atoms with E-state index in [2.05, 4.69) is 70.5 Å². The number of aryl methyl sites for hydroxylation is 1. The molecule has 1 aromatic carbocycles. The highest BCUT2D eigenvalue weighted by atomic mass is 15.2. The average molecular weight is 283 g/mol. The number of aromatic nitrogens is 1. The molecular formula is C18H25N3. The summed E-state index contributed by atoms with van der Waals surface area (Å²) < 4.78 is 2.18. The first-order chi connectivity index (χ1) is 10.3. The first kappa shape index (κ1) is 14.4. The molecule has 0 saturated carbocycles. The largest absolute Gasteiger partial charge is 0.353 e. The molecule has 1 aliphatic heterocycles. The fourth-order valence-electron chi connectivity index (χ4n) is 3.20. The van der Waals surface area contributed by atoms with E-state index >= 15 is 0 Å². The normalized spacial score (nSPS) is 17.2. The molecule has 1 N–H and O–H groups in total. The minimum atomic E-state index is 0.494. The summed E-state index contributed by atoms with van der Waals surface area (Å²) >= 11 is 0. The molecule has 1 saturated heterocycles. The van der Waals surface area contributed by atoms with Crippen LogP contribution in [0, 0.1) is 0 Å². The van der Waals surface area contributed by atoms with E-state index in [1.165, 1.54) is 37.2 Å². The molecule has 1 aliphatic rings.